The van der Waals surface area contributed by atoms with E-state index in [0.29, 0.717) is 18.7 Å². The van der Waals surface area contributed by atoms with Gasteiger partial charge in [-0.3, -0.25) is 9.59 Å². The zero-order chi connectivity index (χ0) is 19.1. The predicted molar refractivity (Wildman–Crippen MR) is 99.0 cm³/mol. The standard InChI is InChI=1S/C20H23FN2O3/c1-4-11-23(13-19(24)22-17-8-6-5-7-14(17)2)20(25)15-9-10-18(26-3)16(21)12-15/h5-10,12H,4,11,13H2,1-3H3,(H,22,24). The molecule has 138 valence electrons. The number of aryl methyl sites for hydroxylation is 1. The zero-order valence-corrected chi connectivity index (χ0v) is 15.2. The fourth-order valence-electron chi connectivity index (χ4n) is 2.58. The monoisotopic (exact) mass is 358 g/mol. The molecule has 0 spiro atoms. The number of anilines is 1. The maximum Gasteiger partial charge on any atom is 0.254 e. The number of carbonyl (C=O) groups excluding carboxylic acids is 2. The van der Waals surface area contributed by atoms with Gasteiger partial charge < -0.3 is 15.0 Å². The molecule has 0 radical (unpaired) electrons. The first-order valence-corrected chi connectivity index (χ1v) is 8.44. The molecule has 0 saturated carbocycles. The maximum atomic E-state index is 13.9. The molecule has 2 amide bonds. The summed E-state index contributed by atoms with van der Waals surface area (Å²) in [6.07, 6.45) is 0.683. The molecule has 0 heterocycles. The van der Waals surface area contributed by atoms with Crippen LogP contribution in [0.4, 0.5) is 10.1 Å². The third kappa shape index (κ3) is 4.81. The Kier molecular flexibility index (Phi) is 6.72. The minimum absolute atomic E-state index is 0.0703. The minimum Gasteiger partial charge on any atom is -0.494 e. The van der Waals surface area contributed by atoms with Crippen LogP contribution in [0.5, 0.6) is 5.75 Å². The summed E-state index contributed by atoms with van der Waals surface area (Å²) in [6.45, 7) is 4.10. The molecule has 1 N–H and O–H groups in total. The van der Waals surface area contributed by atoms with E-state index in [9.17, 15) is 14.0 Å². The van der Waals surface area contributed by atoms with Gasteiger partial charge in [-0.05, 0) is 43.2 Å². The molecule has 0 aromatic heterocycles. The van der Waals surface area contributed by atoms with Crippen molar-refractivity contribution in [3.8, 4) is 5.75 Å². The van der Waals surface area contributed by atoms with Crippen molar-refractivity contribution >= 4 is 17.5 Å². The highest BCUT2D eigenvalue weighted by Gasteiger charge is 2.20. The van der Waals surface area contributed by atoms with Crippen LogP contribution in [0.15, 0.2) is 42.5 Å². The van der Waals surface area contributed by atoms with Crippen molar-refractivity contribution in [1.82, 2.24) is 4.90 Å². The topological polar surface area (TPSA) is 58.6 Å². The molecule has 0 fully saturated rings. The van der Waals surface area contributed by atoms with Crippen molar-refractivity contribution in [2.45, 2.75) is 20.3 Å². The van der Waals surface area contributed by atoms with Crippen molar-refractivity contribution in [3.63, 3.8) is 0 Å². The molecule has 0 bridgehead atoms. The van der Waals surface area contributed by atoms with Crippen LogP contribution in [0.2, 0.25) is 0 Å². The van der Waals surface area contributed by atoms with Gasteiger partial charge in [0.05, 0.1) is 7.11 Å². The zero-order valence-electron chi connectivity index (χ0n) is 15.2. The lowest BCUT2D eigenvalue weighted by Crippen LogP contribution is -2.38. The second-order valence-electron chi connectivity index (χ2n) is 5.94. The Morgan fingerprint density at radius 2 is 1.92 bits per heavy atom. The Hall–Kier alpha value is -2.89. The summed E-state index contributed by atoms with van der Waals surface area (Å²) < 4.78 is 18.7. The number of amides is 2. The van der Waals surface area contributed by atoms with Crippen LogP contribution >= 0.6 is 0 Å². The Morgan fingerprint density at radius 1 is 1.19 bits per heavy atom. The molecular weight excluding hydrogens is 335 g/mol. The molecule has 0 saturated heterocycles. The number of hydrogen-bond acceptors (Lipinski definition) is 3. The van der Waals surface area contributed by atoms with Crippen molar-refractivity contribution in [2.24, 2.45) is 0 Å². The van der Waals surface area contributed by atoms with Gasteiger partial charge in [-0.1, -0.05) is 25.1 Å². The van der Waals surface area contributed by atoms with E-state index < -0.39 is 11.7 Å². The number of benzene rings is 2. The average Bonchev–Trinajstić information content (AvgIpc) is 2.62. The average molecular weight is 358 g/mol. The lowest BCUT2D eigenvalue weighted by Gasteiger charge is -2.22. The first-order valence-electron chi connectivity index (χ1n) is 8.44. The van der Waals surface area contributed by atoms with E-state index in [1.165, 1.54) is 24.1 Å². The predicted octanol–water partition coefficient (Wildman–Crippen LogP) is 3.63. The van der Waals surface area contributed by atoms with Crippen molar-refractivity contribution in [2.75, 3.05) is 25.5 Å². The van der Waals surface area contributed by atoms with Crippen LogP contribution in [0, 0.1) is 12.7 Å². The highest BCUT2D eigenvalue weighted by atomic mass is 19.1. The number of ether oxygens (including phenoxy) is 1. The van der Waals surface area contributed by atoms with E-state index in [2.05, 4.69) is 5.32 Å². The Bertz CT molecular complexity index is 792. The number of nitrogens with zero attached hydrogens (tertiary/aromatic N) is 1. The van der Waals surface area contributed by atoms with Crippen LogP contribution < -0.4 is 10.1 Å². The normalized spacial score (nSPS) is 10.3. The summed E-state index contributed by atoms with van der Waals surface area (Å²) in [5, 5.41) is 2.81. The van der Waals surface area contributed by atoms with E-state index >= 15 is 0 Å². The molecule has 6 heteroatoms. The van der Waals surface area contributed by atoms with Crippen molar-refractivity contribution in [3.05, 3.63) is 59.4 Å². The Labute approximate surface area is 152 Å². The fraction of sp³-hybridized carbons (Fsp3) is 0.300. The molecule has 0 aliphatic rings. The van der Waals surface area contributed by atoms with Gasteiger partial charge in [0.15, 0.2) is 11.6 Å². The number of hydrogen-bond donors (Lipinski definition) is 1. The molecule has 0 atom stereocenters. The smallest absolute Gasteiger partial charge is 0.254 e. The number of methoxy groups -OCH3 is 1. The van der Waals surface area contributed by atoms with Gasteiger partial charge >= 0.3 is 0 Å². The quantitative estimate of drug-likeness (QED) is 0.822. The number of para-hydroxylation sites is 1. The Balaban J connectivity index is 2.12. The van der Waals surface area contributed by atoms with Gasteiger partial charge in [0.25, 0.3) is 5.91 Å². The van der Waals surface area contributed by atoms with Gasteiger partial charge in [0.2, 0.25) is 5.91 Å². The summed E-state index contributed by atoms with van der Waals surface area (Å²) in [6, 6.07) is 11.4. The molecule has 2 aromatic carbocycles. The molecule has 5 nitrogen and oxygen atoms in total. The summed E-state index contributed by atoms with van der Waals surface area (Å²) in [5.41, 5.74) is 1.82. The van der Waals surface area contributed by atoms with Crippen LogP contribution in [0.3, 0.4) is 0 Å². The van der Waals surface area contributed by atoms with Crippen LogP contribution in [0.25, 0.3) is 0 Å². The lowest BCUT2D eigenvalue weighted by atomic mass is 10.1. The van der Waals surface area contributed by atoms with Crippen molar-refractivity contribution < 1.29 is 18.7 Å². The van der Waals surface area contributed by atoms with E-state index in [4.69, 9.17) is 4.74 Å². The van der Waals surface area contributed by atoms with Gasteiger partial charge in [-0.2, -0.15) is 0 Å². The Morgan fingerprint density at radius 3 is 2.54 bits per heavy atom. The van der Waals surface area contributed by atoms with E-state index in [1.54, 1.807) is 6.07 Å². The summed E-state index contributed by atoms with van der Waals surface area (Å²) >= 11 is 0. The van der Waals surface area contributed by atoms with E-state index in [1.807, 2.05) is 32.0 Å². The molecule has 26 heavy (non-hydrogen) atoms. The SMILES string of the molecule is CCCN(CC(=O)Nc1ccccc1C)C(=O)c1ccc(OC)c(F)c1. The third-order valence-corrected chi connectivity index (χ3v) is 3.93. The van der Waals surface area contributed by atoms with Gasteiger partial charge in [-0.25, -0.2) is 4.39 Å². The van der Waals surface area contributed by atoms with Crippen molar-refractivity contribution in [1.29, 1.82) is 0 Å². The second kappa shape index (κ2) is 8.99. The molecule has 2 rings (SSSR count). The highest BCUT2D eigenvalue weighted by molar-refractivity contribution is 5.99. The van der Waals surface area contributed by atoms with Crippen LogP contribution in [-0.4, -0.2) is 36.9 Å². The molecule has 0 unspecified atom stereocenters. The molecular formula is C20H23FN2O3. The summed E-state index contributed by atoms with van der Waals surface area (Å²) in [7, 11) is 1.36. The van der Waals surface area contributed by atoms with Crippen LogP contribution in [-0.2, 0) is 4.79 Å². The largest absolute Gasteiger partial charge is 0.494 e. The molecule has 0 aliphatic carbocycles. The molecule has 2 aromatic rings. The highest BCUT2D eigenvalue weighted by Crippen LogP contribution is 2.19. The third-order valence-electron chi connectivity index (χ3n) is 3.93. The fourth-order valence-corrected chi connectivity index (χ4v) is 2.58. The van der Waals surface area contributed by atoms with E-state index in [-0.39, 0.29) is 23.8 Å². The number of nitrogens with one attached hydrogen (secondary N) is 1. The first kappa shape index (κ1) is 19.4. The number of rotatable bonds is 7. The van der Waals surface area contributed by atoms with Gasteiger partial charge in [0.1, 0.15) is 6.54 Å². The minimum atomic E-state index is -0.612. The maximum absolute atomic E-state index is 13.9. The first-order chi connectivity index (χ1) is 12.5. The van der Waals surface area contributed by atoms with E-state index in [0.717, 1.165) is 11.6 Å². The molecule has 0 aliphatic heterocycles. The summed E-state index contributed by atoms with van der Waals surface area (Å²) in [4.78, 5) is 26.4. The lowest BCUT2D eigenvalue weighted by molar-refractivity contribution is -0.116. The number of carbonyl (C=O) groups is 2. The van der Waals surface area contributed by atoms with Crippen LogP contribution in [0.1, 0.15) is 29.3 Å². The van der Waals surface area contributed by atoms with Gasteiger partial charge in [-0.15, -0.1) is 0 Å². The number of halogens is 1. The van der Waals surface area contributed by atoms with Gasteiger partial charge in [0, 0.05) is 17.8 Å². The summed E-state index contributed by atoms with van der Waals surface area (Å²) in [5.74, 6) is -1.23. The second-order valence-corrected chi connectivity index (χ2v) is 5.94.